The minimum absolute atomic E-state index is 0.174. The highest BCUT2D eigenvalue weighted by molar-refractivity contribution is 5.93. The second-order valence-corrected chi connectivity index (χ2v) is 5.37. The van der Waals surface area contributed by atoms with E-state index in [4.69, 9.17) is 0 Å². The molecule has 136 valence electrons. The molecule has 0 aliphatic carbocycles. The number of benzene rings is 2. The van der Waals surface area contributed by atoms with Crippen molar-refractivity contribution in [3.63, 3.8) is 0 Å². The van der Waals surface area contributed by atoms with Crippen LogP contribution in [0.4, 0.5) is 11.4 Å². The van der Waals surface area contributed by atoms with Gasteiger partial charge in [-0.2, -0.15) is 0 Å². The lowest BCUT2D eigenvalue weighted by Crippen LogP contribution is -2.16. The Morgan fingerprint density at radius 3 is 2.15 bits per heavy atom. The molecule has 1 amide bonds. The van der Waals surface area contributed by atoms with Gasteiger partial charge in [-0.1, -0.05) is 6.07 Å². The first-order chi connectivity index (χ1) is 12.5. The summed E-state index contributed by atoms with van der Waals surface area (Å²) in [6, 6.07) is 13.3. The Balaban J connectivity index is 1.82. The second kappa shape index (κ2) is 9.22. The predicted octanol–water partition coefficient (Wildman–Crippen LogP) is 2.70. The standard InChI is InChI=1S/C19H20N2O5/c1-25-18(23)13-6-8-15(9-7-13)21-17(22)10-11-20-16-5-3-4-14(12-16)19(24)26-2/h3-9,12,20H,10-11H2,1-2H3,(H,21,22). The van der Waals surface area contributed by atoms with Gasteiger partial charge in [-0.15, -0.1) is 0 Å². The topological polar surface area (TPSA) is 93.7 Å². The van der Waals surface area contributed by atoms with Crippen LogP contribution in [0, 0.1) is 0 Å². The number of hydrogen-bond donors (Lipinski definition) is 2. The van der Waals surface area contributed by atoms with Gasteiger partial charge in [0.25, 0.3) is 0 Å². The van der Waals surface area contributed by atoms with Crippen LogP contribution in [0.25, 0.3) is 0 Å². The summed E-state index contributed by atoms with van der Waals surface area (Å²) in [4.78, 5) is 34.8. The van der Waals surface area contributed by atoms with Crippen LogP contribution in [0.2, 0.25) is 0 Å². The Morgan fingerprint density at radius 1 is 0.846 bits per heavy atom. The molecule has 0 heterocycles. The Bertz CT molecular complexity index is 787. The van der Waals surface area contributed by atoms with Crippen molar-refractivity contribution in [2.75, 3.05) is 31.4 Å². The first-order valence-corrected chi connectivity index (χ1v) is 7.94. The molecule has 0 saturated carbocycles. The molecule has 0 bridgehead atoms. The van der Waals surface area contributed by atoms with Crippen LogP contribution in [0.1, 0.15) is 27.1 Å². The Labute approximate surface area is 151 Å². The number of ether oxygens (including phenoxy) is 2. The number of hydrogen-bond acceptors (Lipinski definition) is 6. The predicted molar refractivity (Wildman–Crippen MR) is 97.3 cm³/mol. The summed E-state index contributed by atoms with van der Waals surface area (Å²) in [6.45, 7) is 0.400. The van der Waals surface area contributed by atoms with Gasteiger partial charge in [0.1, 0.15) is 0 Å². The molecule has 26 heavy (non-hydrogen) atoms. The van der Waals surface area contributed by atoms with Crippen molar-refractivity contribution in [2.24, 2.45) is 0 Å². The molecule has 2 N–H and O–H groups in total. The fourth-order valence-electron chi connectivity index (χ4n) is 2.23. The molecule has 2 aromatic rings. The SMILES string of the molecule is COC(=O)c1ccc(NC(=O)CCNc2cccc(C(=O)OC)c2)cc1. The van der Waals surface area contributed by atoms with Crippen LogP contribution in [0.5, 0.6) is 0 Å². The van der Waals surface area contributed by atoms with Gasteiger partial charge in [-0.3, -0.25) is 4.79 Å². The second-order valence-electron chi connectivity index (χ2n) is 5.37. The van der Waals surface area contributed by atoms with Gasteiger partial charge >= 0.3 is 11.9 Å². The van der Waals surface area contributed by atoms with Gasteiger partial charge < -0.3 is 20.1 Å². The lowest BCUT2D eigenvalue weighted by molar-refractivity contribution is -0.115. The highest BCUT2D eigenvalue weighted by Gasteiger charge is 2.08. The van der Waals surface area contributed by atoms with E-state index in [1.807, 2.05) is 0 Å². The monoisotopic (exact) mass is 356 g/mol. The molecule has 0 spiro atoms. The van der Waals surface area contributed by atoms with Crippen molar-refractivity contribution in [1.29, 1.82) is 0 Å². The third kappa shape index (κ3) is 5.34. The molecule has 2 rings (SSSR count). The summed E-state index contributed by atoms with van der Waals surface area (Å²) in [5.74, 6) is -1.02. The maximum atomic E-state index is 12.0. The number of methoxy groups -OCH3 is 2. The van der Waals surface area contributed by atoms with Gasteiger partial charge in [0.05, 0.1) is 25.3 Å². The van der Waals surface area contributed by atoms with E-state index in [-0.39, 0.29) is 12.3 Å². The number of carbonyl (C=O) groups excluding carboxylic acids is 3. The van der Waals surface area contributed by atoms with E-state index in [2.05, 4.69) is 20.1 Å². The lowest BCUT2D eigenvalue weighted by Gasteiger charge is -2.09. The average molecular weight is 356 g/mol. The molecular weight excluding hydrogens is 336 g/mol. The average Bonchev–Trinajstić information content (AvgIpc) is 2.67. The fourth-order valence-corrected chi connectivity index (χ4v) is 2.23. The van der Waals surface area contributed by atoms with E-state index >= 15 is 0 Å². The molecule has 2 aromatic carbocycles. The number of carbonyl (C=O) groups is 3. The van der Waals surface area contributed by atoms with E-state index in [1.54, 1.807) is 48.5 Å². The smallest absolute Gasteiger partial charge is 0.337 e. The maximum absolute atomic E-state index is 12.0. The molecule has 0 aromatic heterocycles. The molecule has 0 saturated heterocycles. The lowest BCUT2D eigenvalue weighted by atomic mass is 10.2. The third-order valence-electron chi connectivity index (χ3n) is 3.55. The molecule has 0 unspecified atom stereocenters. The zero-order chi connectivity index (χ0) is 18.9. The van der Waals surface area contributed by atoms with Gasteiger partial charge in [-0.05, 0) is 42.5 Å². The quantitative estimate of drug-likeness (QED) is 0.741. The molecule has 0 aliphatic heterocycles. The van der Waals surface area contributed by atoms with Crippen molar-refractivity contribution in [3.05, 3.63) is 59.7 Å². The van der Waals surface area contributed by atoms with E-state index in [1.165, 1.54) is 14.2 Å². The Hall–Kier alpha value is -3.35. The van der Waals surface area contributed by atoms with E-state index in [0.29, 0.717) is 23.4 Å². The van der Waals surface area contributed by atoms with Gasteiger partial charge in [0.2, 0.25) is 5.91 Å². The van der Waals surface area contributed by atoms with Crippen molar-refractivity contribution in [1.82, 2.24) is 0 Å². The van der Waals surface area contributed by atoms with Crippen LogP contribution >= 0.6 is 0 Å². The van der Waals surface area contributed by atoms with Crippen molar-refractivity contribution >= 4 is 29.2 Å². The van der Waals surface area contributed by atoms with E-state index in [9.17, 15) is 14.4 Å². The zero-order valence-electron chi connectivity index (χ0n) is 14.6. The van der Waals surface area contributed by atoms with Crippen LogP contribution in [-0.4, -0.2) is 38.6 Å². The summed E-state index contributed by atoms with van der Waals surface area (Å²) < 4.78 is 9.29. The molecule has 0 aliphatic rings. The Morgan fingerprint density at radius 2 is 1.50 bits per heavy atom. The summed E-state index contributed by atoms with van der Waals surface area (Å²) in [5.41, 5.74) is 2.17. The molecule has 7 heteroatoms. The number of anilines is 2. The highest BCUT2D eigenvalue weighted by Crippen LogP contribution is 2.13. The maximum Gasteiger partial charge on any atom is 0.337 e. The fraction of sp³-hybridized carbons (Fsp3) is 0.211. The Kier molecular flexibility index (Phi) is 6.73. The zero-order valence-corrected chi connectivity index (χ0v) is 14.6. The van der Waals surface area contributed by atoms with Crippen molar-refractivity contribution in [3.8, 4) is 0 Å². The first-order valence-electron chi connectivity index (χ1n) is 7.94. The summed E-state index contributed by atoms with van der Waals surface area (Å²) in [7, 11) is 2.64. The highest BCUT2D eigenvalue weighted by atomic mass is 16.5. The largest absolute Gasteiger partial charge is 0.465 e. The minimum Gasteiger partial charge on any atom is -0.465 e. The van der Waals surface area contributed by atoms with E-state index < -0.39 is 11.9 Å². The third-order valence-corrected chi connectivity index (χ3v) is 3.55. The molecule has 0 fully saturated rings. The molecule has 0 atom stereocenters. The van der Waals surface area contributed by atoms with E-state index in [0.717, 1.165) is 5.69 Å². The minimum atomic E-state index is -0.429. The number of rotatable bonds is 7. The van der Waals surface area contributed by atoms with Crippen molar-refractivity contribution < 1.29 is 23.9 Å². The van der Waals surface area contributed by atoms with Gasteiger partial charge in [0, 0.05) is 24.3 Å². The number of esters is 2. The van der Waals surface area contributed by atoms with Gasteiger partial charge in [0.15, 0.2) is 0 Å². The molecular formula is C19H20N2O5. The van der Waals surface area contributed by atoms with Crippen molar-refractivity contribution in [2.45, 2.75) is 6.42 Å². The molecule has 0 radical (unpaired) electrons. The normalized spacial score (nSPS) is 9.92. The van der Waals surface area contributed by atoms with Gasteiger partial charge in [-0.25, -0.2) is 9.59 Å². The molecule has 7 nitrogen and oxygen atoms in total. The summed E-state index contributed by atoms with van der Waals surface area (Å²) in [5, 5.41) is 5.83. The first kappa shape index (κ1) is 19.0. The summed E-state index contributed by atoms with van der Waals surface area (Å²) >= 11 is 0. The van der Waals surface area contributed by atoms with Crippen LogP contribution in [-0.2, 0) is 14.3 Å². The number of nitrogens with one attached hydrogen (secondary N) is 2. The van der Waals surface area contributed by atoms with Crippen LogP contribution in [0.3, 0.4) is 0 Å². The van der Waals surface area contributed by atoms with Crippen LogP contribution in [0.15, 0.2) is 48.5 Å². The van der Waals surface area contributed by atoms with Crippen LogP contribution < -0.4 is 10.6 Å². The number of amides is 1. The summed E-state index contributed by atoms with van der Waals surface area (Å²) in [6.07, 6.45) is 0.237.